The van der Waals surface area contributed by atoms with Gasteiger partial charge in [-0.25, -0.2) is 14.9 Å². The number of rotatable bonds is 4. The number of urea groups is 1. The number of aromatic amines is 1. The molecule has 1 aromatic carbocycles. The lowest BCUT2D eigenvalue weighted by atomic mass is 10.2. The number of para-hydroxylation sites is 2. The fourth-order valence-electron chi connectivity index (χ4n) is 3.12. The molecule has 0 spiro atoms. The van der Waals surface area contributed by atoms with E-state index in [4.69, 9.17) is 0 Å². The van der Waals surface area contributed by atoms with Crippen LogP contribution in [0.1, 0.15) is 25.7 Å². The van der Waals surface area contributed by atoms with Crippen LogP contribution in [0.4, 0.5) is 4.79 Å². The number of carbonyl (C=O) groups excluding carboxylic acids is 2. The summed E-state index contributed by atoms with van der Waals surface area (Å²) in [5.41, 5.74) is 1.78. The molecular weight excluding hydrogens is 340 g/mol. The van der Waals surface area contributed by atoms with Gasteiger partial charge in [0.1, 0.15) is 0 Å². The quantitative estimate of drug-likeness (QED) is 0.619. The highest BCUT2D eigenvalue weighted by atomic mass is 32.2. The Kier molecular flexibility index (Phi) is 4.31. The van der Waals surface area contributed by atoms with Crippen LogP contribution in [0, 0.1) is 0 Å². The number of H-pyrrole nitrogens is 1. The molecule has 0 saturated heterocycles. The second kappa shape index (κ2) is 6.75. The number of amides is 3. The molecule has 25 heavy (non-hydrogen) atoms. The largest absolute Gasteiger partial charge is 0.335 e. The summed E-state index contributed by atoms with van der Waals surface area (Å²) in [6, 6.07) is 7.49. The van der Waals surface area contributed by atoms with Crippen LogP contribution in [0.5, 0.6) is 0 Å². The summed E-state index contributed by atoms with van der Waals surface area (Å²) in [7, 11) is 0. The minimum Gasteiger partial charge on any atom is -0.335 e. The number of thioether (sulfide) groups is 1. The first-order valence-electron chi connectivity index (χ1n) is 8.25. The molecule has 3 N–H and O–H groups in total. The Bertz CT molecular complexity index is 927. The Hall–Kier alpha value is -2.55. The molecule has 3 aromatic rings. The first-order valence-corrected chi connectivity index (χ1v) is 9.24. The van der Waals surface area contributed by atoms with E-state index in [9.17, 15) is 9.59 Å². The molecule has 4 rings (SSSR count). The lowest BCUT2D eigenvalue weighted by Gasteiger charge is -2.11. The molecule has 0 unspecified atom stereocenters. The molecule has 1 aliphatic rings. The number of imidazole rings is 1. The van der Waals surface area contributed by atoms with Crippen LogP contribution in [0.15, 0.2) is 29.4 Å². The maximum atomic E-state index is 12.0. The van der Waals surface area contributed by atoms with Crippen molar-refractivity contribution in [2.24, 2.45) is 0 Å². The third-order valence-corrected chi connectivity index (χ3v) is 5.22. The van der Waals surface area contributed by atoms with Crippen molar-refractivity contribution in [2.45, 2.75) is 36.9 Å². The molecule has 2 aromatic heterocycles. The van der Waals surface area contributed by atoms with Gasteiger partial charge in [0.25, 0.3) is 0 Å². The summed E-state index contributed by atoms with van der Waals surface area (Å²) in [5.74, 6) is 0.383. The maximum absolute atomic E-state index is 12.0. The van der Waals surface area contributed by atoms with Crippen molar-refractivity contribution in [3.63, 3.8) is 0 Å². The Morgan fingerprint density at radius 3 is 2.92 bits per heavy atom. The third-order valence-electron chi connectivity index (χ3n) is 4.28. The summed E-state index contributed by atoms with van der Waals surface area (Å²) < 4.78 is 1.87. The molecular formula is C16H18N6O2S. The number of aromatic nitrogens is 4. The van der Waals surface area contributed by atoms with Gasteiger partial charge in [-0.2, -0.15) is 0 Å². The minimum atomic E-state index is -0.419. The van der Waals surface area contributed by atoms with Crippen molar-refractivity contribution >= 4 is 40.5 Å². The number of carbonyl (C=O) groups is 2. The summed E-state index contributed by atoms with van der Waals surface area (Å²) in [6.07, 6.45) is 4.22. The van der Waals surface area contributed by atoms with E-state index in [-0.39, 0.29) is 17.7 Å². The molecule has 2 heterocycles. The molecule has 8 nitrogen and oxygen atoms in total. The van der Waals surface area contributed by atoms with E-state index in [1.807, 2.05) is 28.7 Å². The fraction of sp³-hybridized carbons (Fsp3) is 0.375. The smallest absolute Gasteiger partial charge is 0.321 e. The predicted molar refractivity (Wildman–Crippen MR) is 94.5 cm³/mol. The van der Waals surface area contributed by atoms with Crippen LogP contribution in [-0.4, -0.2) is 43.3 Å². The average Bonchev–Trinajstić information content (AvgIpc) is 3.29. The van der Waals surface area contributed by atoms with Gasteiger partial charge in [-0.15, -0.1) is 5.10 Å². The van der Waals surface area contributed by atoms with E-state index < -0.39 is 6.03 Å². The monoisotopic (exact) mass is 358 g/mol. The molecule has 1 fully saturated rings. The van der Waals surface area contributed by atoms with Gasteiger partial charge < -0.3 is 5.32 Å². The van der Waals surface area contributed by atoms with E-state index in [0.29, 0.717) is 10.9 Å². The number of benzene rings is 1. The summed E-state index contributed by atoms with van der Waals surface area (Å²) in [6.45, 7) is 0. The highest BCUT2D eigenvalue weighted by molar-refractivity contribution is 7.99. The molecule has 130 valence electrons. The van der Waals surface area contributed by atoms with Gasteiger partial charge >= 0.3 is 6.03 Å². The first-order chi connectivity index (χ1) is 12.2. The SMILES string of the molecule is O=C(CSc1n[nH]c2nc3ccccc3n12)NC(=O)NC1CCCC1. The van der Waals surface area contributed by atoms with E-state index in [1.54, 1.807) is 0 Å². The van der Waals surface area contributed by atoms with Gasteiger partial charge in [-0.3, -0.25) is 14.5 Å². The highest BCUT2D eigenvalue weighted by Gasteiger charge is 2.19. The van der Waals surface area contributed by atoms with Gasteiger partial charge in [0.2, 0.25) is 11.7 Å². The van der Waals surface area contributed by atoms with Crippen molar-refractivity contribution in [3.8, 4) is 0 Å². The lowest BCUT2D eigenvalue weighted by molar-refractivity contribution is -0.117. The van der Waals surface area contributed by atoms with Gasteiger partial charge in [0, 0.05) is 6.04 Å². The molecule has 0 aliphatic heterocycles. The van der Waals surface area contributed by atoms with E-state index in [1.165, 1.54) is 11.8 Å². The van der Waals surface area contributed by atoms with Crippen molar-refractivity contribution in [1.29, 1.82) is 0 Å². The van der Waals surface area contributed by atoms with Gasteiger partial charge in [0.15, 0.2) is 5.16 Å². The topological polar surface area (TPSA) is 104 Å². The van der Waals surface area contributed by atoms with Gasteiger partial charge in [-0.1, -0.05) is 36.7 Å². The zero-order valence-corrected chi connectivity index (χ0v) is 14.3. The molecule has 0 atom stereocenters. The van der Waals surface area contributed by atoms with E-state index >= 15 is 0 Å². The molecule has 0 radical (unpaired) electrons. The predicted octanol–water partition coefficient (Wildman–Crippen LogP) is 2.07. The normalized spacial score (nSPS) is 15.0. The molecule has 3 amide bonds. The van der Waals surface area contributed by atoms with Gasteiger partial charge in [-0.05, 0) is 25.0 Å². The first kappa shape index (κ1) is 15.9. The Morgan fingerprint density at radius 1 is 1.28 bits per heavy atom. The van der Waals surface area contributed by atoms with Crippen molar-refractivity contribution in [3.05, 3.63) is 24.3 Å². The second-order valence-electron chi connectivity index (χ2n) is 6.06. The standard InChI is InChI=1S/C16H18N6O2S/c23-13(19-15(24)17-10-5-1-2-6-10)9-25-16-21-20-14-18-11-7-3-4-8-12(11)22(14)16/h3-4,7-8,10H,1-2,5-6,9H2,(H,18,20)(H2,17,19,23,24). The zero-order chi connectivity index (χ0) is 17.2. The Morgan fingerprint density at radius 2 is 2.08 bits per heavy atom. The fourth-order valence-corrected chi connectivity index (χ4v) is 3.88. The number of nitrogens with zero attached hydrogens (tertiary/aromatic N) is 3. The van der Waals surface area contributed by atoms with Crippen molar-refractivity contribution in [1.82, 2.24) is 30.2 Å². The molecule has 1 saturated carbocycles. The number of hydrogen-bond acceptors (Lipinski definition) is 5. The Balaban J connectivity index is 1.38. The van der Waals surface area contributed by atoms with E-state index in [0.717, 1.165) is 36.7 Å². The summed E-state index contributed by atoms with van der Waals surface area (Å²) >= 11 is 1.26. The minimum absolute atomic E-state index is 0.102. The summed E-state index contributed by atoms with van der Waals surface area (Å²) in [5, 5.41) is 12.9. The molecule has 1 aliphatic carbocycles. The van der Waals surface area contributed by atoms with E-state index in [2.05, 4.69) is 25.8 Å². The van der Waals surface area contributed by atoms with Crippen LogP contribution < -0.4 is 10.6 Å². The second-order valence-corrected chi connectivity index (χ2v) is 7.00. The average molecular weight is 358 g/mol. The summed E-state index contributed by atoms with van der Waals surface area (Å²) in [4.78, 5) is 28.3. The molecule has 0 bridgehead atoms. The highest BCUT2D eigenvalue weighted by Crippen LogP contribution is 2.22. The lowest BCUT2D eigenvalue weighted by Crippen LogP contribution is -2.44. The third kappa shape index (κ3) is 3.32. The maximum Gasteiger partial charge on any atom is 0.321 e. The van der Waals surface area contributed by atoms with Crippen LogP contribution in [0.25, 0.3) is 16.8 Å². The van der Waals surface area contributed by atoms with Crippen LogP contribution in [-0.2, 0) is 4.79 Å². The van der Waals surface area contributed by atoms with Crippen molar-refractivity contribution < 1.29 is 9.59 Å². The number of hydrogen-bond donors (Lipinski definition) is 3. The van der Waals surface area contributed by atoms with Crippen LogP contribution >= 0.6 is 11.8 Å². The van der Waals surface area contributed by atoms with Crippen LogP contribution in [0.3, 0.4) is 0 Å². The number of nitrogens with one attached hydrogen (secondary N) is 3. The van der Waals surface area contributed by atoms with Gasteiger partial charge in [0.05, 0.1) is 16.8 Å². The Labute approximate surface area is 147 Å². The van der Waals surface area contributed by atoms with Crippen LogP contribution in [0.2, 0.25) is 0 Å². The molecule has 9 heteroatoms. The van der Waals surface area contributed by atoms with Crippen molar-refractivity contribution in [2.75, 3.05) is 5.75 Å². The number of imide groups is 1. The number of fused-ring (bicyclic) bond motifs is 3. The zero-order valence-electron chi connectivity index (χ0n) is 13.5.